The highest BCUT2D eigenvalue weighted by Crippen LogP contribution is 2.28. The summed E-state index contributed by atoms with van der Waals surface area (Å²) in [5.74, 6) is 0.0390. The van der Waals surface area contributed by atoms with E-state index in [1.807, 2.05) is 45.5 Å². The Balaban J connectivity index is 1.36. The molecule has 3 aromatic rings. The molecule has 2 heterocycles. The van der Waals surface area contributed by atoms with Gasteiger partial charge in [-0.2, -0.15) is 0 Å². The molecule has 1 saturated heterocycles. The van der Waals surface area contributed by atoms with Crippen LogP contribution in [-0.2, 0) is 11.2 Å². The van der Waals surface area contributed by atoms with E-state index in [9.17, 15) is 14.9 Å². The van der Waals surface area contributed by atoms with E-state index in [0.717, 1.165) is 16.3 Å². The number of hydrogen-bond acceptors (Lipinski definition) is 6. The van der Waals surface area contributed by atoms with Crippen LogP contribution in [0.1, 0.15) is 5.69 Å². The van der Waals surface area contributed by atoms with Crippen molar-refractivity contribution >= 4 is 28.6 Å². The van der Waals surface area contributed by atoms with Gasteiger partial charge in [0.25, 0.3) is 5.69 Å². The molecule has 0 saturated carbocycles. The minimum absolute atomic E-state index is 0.0390. The number of carbonyl (C=O) groups excluding carboxylic acids is 1. The zero-order valence-electron chi connectivity index (χ0n) is 15.7. The predicted molar refractivity (Wildman–Crippen MR) is 113 cm³/mol. The van der Waals surface area contributed by atoms with Crippen LogP contribution in [0.25, 0.3) is 10.6 Å². The first-order valence-electron chi connectivity index (χ1n) is 9.38. The summed E-state index contributed by atoms with van der Waals surface area (Å²) in [6.07, 6.45) is 0.273. The minimum atomic E-state index is -0.362. The molecule has 7 nitrogen and oxygen atoms in total. The normalized spacial score (nSPS) is 14.1. The van der Waals surface area contributed by atoms with Crippen molar-refractivity contribution in [3.8, 4) is 10.6 Å². The van der Waals surface area contributed by atoms with Crippen molar-refractivity contribution in [2.24, 2.45) is 0 Å². The first-order chi connectivity index (χ1) is 14.1. The van der Waals surface area contributed by atoms with Crippen LogP contribution in [0.5, 0.6) is 0 Å². The number of thiazole rings is 1. The number of para-hydroxylation sites is 2. The average Bonchev–Trinajstić information content (AvgIpc) is 3.23. The second-order valence-corrected chi connectivity index (χ2v) is 7.66. The summed E-state index contributed by atoms with van der Waals surface area (Å²) in [6.45, 7) is 2.23. The molecule has 0 atom stereocenters. The van der Waals surface area contributed by atoms with Gasteiger partial charge in [0, 0.05) is 43.2 Å². The molecule has 8 heteroatoms. The second kappa shape index (κ2) is 8.40. The Morgan fingerprint density at radius 1 is 1.03 bits per heavy atom. The Morgan fingerprint density at radius 2 is 1.72 bits per heavy atom. The third kappa shape index (κ3) is 4.27. The number of nitrogens with zero attached hydrogens (tertiary/aromatic N) is 4. The number of carbonyl (C=O) groups is 1. The average molecular weight is 408 g/mol. The molecule has 4 rings (SSSR count). The van der Waals surface area contributed by atoms with Crippen molar-refractivity contribution in [3.63, 3.8) is 0 Å². The molecule has 1 amide bonds. The number of amides is 1. The largest absolute Gasteiger partial charge is 0.362 e. The summed E-state index contributed by atoms with van der Waals surface area (Å²) >= 11 is 1.54. The first-order valence-corrected chi connectivity index (χ1v) is 10.3. The van der Waals surface area contributed by atoms with Crippen LogP contribution in [0.3, 0.4) is 0 Å². The molecule has 2 aromatic carbocycles. The van der Waals surface area contributed by atoms with Gasteiger partial charge in [-0.1, -0.05) is 42.5 Å². The maximum absolute atomic E-state index is 12.7. The standard InChI is InChI=1S/C21H20N4O3S/c26-20(14-17-15-29-21(22-17)16-6-2-1-3-7-16)24-12-10-23(11-13-24)18-8-4-5-9-19(18)25(27)28/h1-9,15H,10-14H2. The van der Waals surface area contributed by atoms with Crippen LogP contribution in [0, 0.1) is 10.1 Å². The number of nitro benzene ring substituents is 1. The van der Waals surface area contributed by atoms with Crippen molar-refractivity contribution in [2.75, 3.05) is 31.1 Å². The lowest BCUT2D eigenvalue weighted by Crippen LogP contribution is -2.49. The molecular formula is C21H20N4O3S. The molecule has 1 aromatic heterocycles. The summed E-state index contributed by atoms with van der Waals surface area (Å²) in [5.41, 5.74) is 2.54. The Morgan fingerprint density at radius 3 is 2.45 bits per heavy atom. The molecule has 1 aliphatic heterocycles. The number of aromatic nitrogens is 1. The van der Waals surface area contributed by atoms with E-state index in [1.165, 1.54) is 17.4 Å². The van der Waals surface area contributed by atoms with Crippen molar-refractivity contribution in [1.29, 1.82) is 0 Å². The second-order valence-electron chi connectivity index (χ2n) is 6.80. The van der Waals surface area contributed by atoms with Gasteiger partial charge < -0.3 is 9.80 Å². The topological polar surface area (TPSA) is 79.6 Å². The summed E-state index contributed by atoms with van der Waals surface area (Å²) in [6, 6.07) is 16.7. The van der Waals surface area contributed by atoms with Gasteiger partial charge in [-0.3, -0.25) is 14.9 Å². The molecule has 0 aliphatic carbocycles. The van der Waals surface area contributed by atoms with Crippen LogP contribution >= 0.6 is 11.3 Å². The van der Waals surface area contributed by atoms with Gasteiger partial charge in [0.05, 0.1) is 17.0 Å². The van der Waals surface area contributed by atoms with Crippen LogP contribution in [-0.4, -0.2) is 46.9 Å². The minimum Gasteiger partial charge on any atom is -0.362 e. The fourth-order valence-corrected chi connectivity index (χ4v) is 4.28. The fraction of sp³-hybridized carbons (Fsp3) is 0.238. The van der Waals surface area contributed by atoms with Gasteiger partial charge in [-0.05, 0) is 6.07 Å². The van der Waals surface area contributed by atoms with Gasteiger partial charge in [0.1, 0.15) is 10.7 Å². The Bertz CT molecular complexity index is 1010. The van der Waals surface area contributed by atoms with Crippen LogP contribution in [0.2, 0.25) is 0 Å². The molecule has 0 radical (unpaired) electrons. The first kappa shape index (κ1) is 19.1. The van der Waals surface area contributed by atoms with E-state index in [-0.39, 0.29) is 22.9 Å². The van der Waals surface area contributed by atoms with Crippen LogP contribution in [0.4, 0.5) is 11.4 Å². The van der Waals surface area contributed by atoms with Gasteiger partial charge in [0.15, 0.2) is 0 Å². The number of nitro groups is 1. The number of hydrogen-bond donors (Lipinski definition) is 0. The number of anilines is 1. The summed E-state index contributed by atoms with van der Waals surface area (Å²) in [4.78, 5) is 32.0. The Hall–Kier alpha value is -3.26. The van der Waals surface area contributed by atoms with Crippen molar-refractivity contribution < 1.29 is 9.72 Å². The van der Waals surface area contributed by atoms with Gasteiger partial charge >= 0.3 is 0 Å². The van der Waals surface area contributed by atoms with E-state index in [0.29, 0.717) is 31.9 Å². The van der Waals surface area contributed by atoms with Gasteiger partial charge in [-0.15, -0.1) is 11.3 Å². The summed E-state index contributed by atoms with van der Waals surface area (Å²) in [7, 11) is 0. The lowest BCUT2D eigenvalue weighted by Gasteiger charge is -2.35. The quantitative estimate of drug-likeness (QED) is 0.476. The SMILES string of the molecule is O=C(Cc1csc(-c2ccccc2)n1)N1CCN(c2ccccc2[N+](=O)[O-])CC1. The fourth-order valence-electron chi connectivity index (χ4n) is 3.45. The maximum atomic E-state index is 12.7. The zero-order valence-corrected chi connectivity index (χ0v) is 16.5. The molecule has 0 N–H and O–H groups in total. The molecular weight excluding hydrogens is 388 g/mol. The van der Waals surface area contributed by atoms with E-state index in [1.54, 1.807) is 18.2 Å². The highest BCUT2D eigenvalue weighted by molar-refractivity contribution is 7.13. The number of benzene rings is 2. The maximum Gasteiger partial charge on any atom is 0.292 e. The summed E-state index contributed by atoms with van der Waals surface area (Å²) in [5, 5.41) is 14.1. The molecule has 1 fully saturated rings. The Kier molecular flexibility index (Phi) is 5.53. The highest BCUT2D eigenvalue weighted by Gasteiger charge is 2.25. The molecule has 0 spiro atoms. The predicted octanol–water partition coefficient (Wildman–Crippen LogP) is 3.61. The lowest BCUT2D eigenvalue weighted by molar-refractivity contribution is -0.384. The van der Waals surface area contributed by atoms with Gasteiger partial charge in [-0.25, -0.2) is 4.98 Å². The van der Waals surface area contributed by atoms with Crippen molar-refractivity contribution in [2.45, 2.75) is 6.42 Å². The third-order valence-corrected chi connectivity index (χ3v) is 5.90. The van der Waals surface area contributed by atoms with Crippen LogP contribution in [0.15, 0.2) is 60.0 Å². The van der Waals surface area contributed by atoms with Crippen molar-refractivity contribution in [1.82, 2.24) is 9.88 Å². The van der Waals surface area contributed by atoms with Gasteiger partial charge in [0.2, 0.25) is 5.91 Å². The van der Waals surface area contributed by atoms with E-state index >= 15 is 0 Å². The van der Waals surface area contributed by atoms with E-state index in [2.05, 4.69) is 4.98 Å². The number of rotatable bonds is 5. The zero-order chi connectivity index (χ0) is 20.2. The molecule has 148 valence electrons. The molecule has 29 heavy (non-hydrogen) atoms. The Labute approximate surface area is 172 Å². The molecule has 0 unspecified atom stereocenters. The third-order valence-electron chi connectivity index (χ3n) is 4.96. The lowest BCUT2D eigenvalue weighted by atomic mass is 10.2. The molecule has 1 aliphatic rings. The monoisotopic (exact) mass is 408 g/mol. The number of piperazine rings is 1. The van der Waals surface area contributed by atoms with Crippen molar-refractivity contribution in [3.05, 3.63) is 75.8 Å². The smallest absolute Gasteiger partial charge is 0.292 e. The summed E-state index contributed by atoms with van der Waals surface area (Å²) < 4.78 is 0. The van der Waals surface area contributed by atoms with Crippen LogP contribution < -0.4 is 4.90 Å². The highest BCUT2D eigenvalue weighted by atomic mass is 32.1. The van der Waals surface area contributed by atoms with E-state index < -0.39 is 0 Å². The van der Waals surface area contributed by atoms with E-state index in [4.69, 9.17) is 0 Å². The molecule has 0 bridgehead atoms.